The highest BCUT2D eigenvalue weighted by Gasteiger charge is 2.28. The zero-order valence-electron chi connectivity index (χ0n) is 27.7. The van der Waals surface area contributed by atoms with Crippen LogP contribution < -0.4 is 14.8 Å². The minimum atomic E-state index is -1.13. The number of aryl methyl sites for hydroxylation is 2. The van der Waals surface area contributed by atoms with E-state index in [9.17, 15) is 9.90 Å². The average molecular weight is 643 g/mol. The molecule has 0 amide bonds. The molecule has 44 heavy (non-hydrogen) atoms. The van der Waals surface area contributed by atoms with Gasteiger partial charge in [-0.25, -0.2) is 9.78 Å². The molecule has 0 saturated heterocycles. The first-order valence-electron chi connectivity index (χ1n) is 15.1. The summed E-state index contributed by atoms with van der Waals surface area (Å²) in [6.45, 7) is 17.3. The van der Waals surface area contributed by atoms with Gasteiger partial charge >= 0.3 is 5.97 Å². The summed E-state index contributed by atoms with van der Waals surface area (Å²) in [5, 5.41) is 13.0. The molecule has 0 unspecified atom stereocenters. The van der Waals surface area contributed by atoms with E-state index >= 15 is 0 Å². The van der Waals surface area contributed by atoms with Gasteiger partial charge in [-0.2, -0.15) is 4.98 Å². The molecule has 3 N–H and O–H groups in total. The lowest BCUT2D eigenvalue weighted by atomic mass is 10.00. The fourth-order valence-electron chi connectivity index (χ4n) is 4.48. The summed E-state index contributed by atoms with van der Waals surface area (Å²) < 4.78 is 16.0. The Hall–Kier alpha value is -2.79. The standard InChI is InChI=1S/C34H50N4O4S2/c1-23(2)19-27(35-17-12-18-42-44(8,9)34(5,6)7)22-41-30-21-29(31-24(3)13-10-14-25(31)4)36-33(37-30)38-43-28-16-11-15-26(20-28)32(39)40/h10-11,13-16,20-21,23,27,35H,12,17-19,22H2,1-9H3,(H,39,40)(H,36,37,38)/t27-/m1/s1. The van der Waals surface area contributed by atoms with Gasteiger partial charge in [-0.05, 0) is 92.9 Å². The lowest BCUT2D eigenvalue weighted by Gasteiger charge is -2.43. The van der Waals surface area contributed by atoms with Gasteiger partial charge in [0, 0.05) is 27.3 Å². The molecule has 3 aromatic rings. The van der Waals surface area contributed by atoms with Crippen LogP contribution >= 0.6 is 22.3 Å². The van der Waals surface area contributed by atoms with Crippen LogP contribution in [-0.2, 0) is 4.18 Å². The molecule has 0 aliphatic heterocycles. The van der Waals surface area contributed by atoms with Gasteiger partial charge in [0.1, 0.15) is 6.61 Å². The lowest BCUT2D eigenvalue weighted by molar-refractivity contribution is 0.0696. The predicted molar refractivity (Wildman–Crippen MR) is 186 cm³/mol. The second-order valence-corrected chi connectivity index (χ2v) is 17.6. The first kappa shape index (κ1) is 35.7. The number of rotatable bonds is 16. The molecule has 3 rings (SSSR count). The van der Waals surface area contributed by atoms with Gasteiger partial charge < -0.3 is 19.3 Å². The second-order valence-electron chi connectivity index (χ2n) is 12.8. The highest BCUT2D eigenvalue weighted by molar-refractivity contribution is 8.29. The van der Waals surface area contributed by atoms with Crippen LogP contribution in [0.2, 0.25) is 0 Å². The van der Waals surface area contributed by atoms with Gasteiger partial charge in [-0.1, -0.05) is 58.9 Å². The normalized spacial score (nSPS) is 13.1. The van der Waals surface area contributed by atoms with E-state index in [0.717, 1.165) is 53.3 Å². The van der Waals surface area contributed by atoms with Crippen molar-refractivity contribution in [2.75, 3.05) is 37.0 Å². The number of nitrogens with one attached hydrogen (secondary N) is 2. The number of carboxylic acids is 1. The smallest absolute Gasteiger partial charge is 0.335 e. The minimum absolute atomic E-state index is 0.149. The first-order chi connectivity index (χ1) is 20.7. The number of carboxylic acid groups (broad SMARTS) is 1. The van der Waals surface area contributed by atoms with Gasteiger partial charge in [-0.3, -0.25) is 4.72 Å². The Balaban J connectivity index is 1.75. The van der Waals surface area contributed by atoms with Crippen molar-refractivity contribution in [2.24, 2.45) is 5.92 Å². The third-order valence-corrected chi connectivity index (χ3v) is 12.1. The molecule has 1 aromatic heterocycles. The number of benzene rings is 2. The molecular formula is C34H50N4O4S2. The molecule has 0 radical (unpaired) electrons. The summed E-state index contributed by atoms with van der Waals surface area (Å²) in [5.41, 5.74) is 4.25. The van der Waals surface area contributed by atoms with E-state index in [2.05, 4.69) is 88.1 Å². The Kier molecular flexibility index (Phi) is 13.0. The third kappa shape index (κ3) is 10.7. The van der Waals surface area contributed by atoms with Crippen LogP contribution in [0.25, 0.3) is 11.3 Å². The van der Waals surface area contributed by atoms with Crippen LogP contribution in [0.1, 0.15) is 68.9 Å². The number of hydrogen-bond acceptors (Lipinski definition) is 8. The van der Waals surface area contributed by atoms with E-state index in [-0.39, 0.29) is 16.4 Å². The van der Waals surface area contributed by atoms with Crippen molar-refractivity contribution < 1.29 is 18.8 Å². The molecule has 8 nitrogen and oxygen atoms in total. The molecule has 0 aliphatic rings. The molecule has 1 atom stereocenters. The van der Waals surface area contributed by atoms with Crippen molar-refractivity contribution in [1.82, 2.24) is 15.3 Å². The summed E-state index contributed by atoms with van der Waals surface area (Å²) in [6.07, 6.45) is 6.37. The van der Waals surface area contributed by atoms with Gasteiger partial charge in [-0.15, -0.1) is 10.3 Å². The summed E-state index contributed by atoms with van der Waals surface area (Å²) in [6, 6.07) is 15.0. The second kappa shape index (κ2) is 16.0. The van der Waals surface area contributed by atoms with E-state index in [1.807, 2.05) is 18.2 Å². The molecule has 0 saturated carbocycles. The van der Waals surface area contributed by atoms with Crippen molar-refractivity contribution in [3.63, 3.8) is 0 Å². The number of nitrogens with zero attached hydrogens (tertiary/aromatic N) is 2. The van der Waals surface area contributed by atoms with Crippen LogP contribution in [0.5, 0.6) is 5.88 Å². The number of aromatic nitrogens is 2. The monoisotopic (exact) mass is 642 g/mol. The number of hydrogen-bond donors (Lipinski definition) is 3. The van der Waals surface area contributed by atoms with E-state index < -0.39 is 16.3 Å². The van der Waals surface area contributed by atoms with Crippen LogP contribution in [-0.4, -0.2) is 64.1 Å². The maximum atomic E-state index is 11.4. The summed E-state index contributed by atoms with van der Waals surface area (Å²) in [7, 11) is -1.13. The number of ether oxygens (including phenoxy) is 1. The minimum Gasteiger partial charge on any atom is -0.478 e. The molecule has 0 aliphatic carbocycles. The summed E-state index contributed by atoms with van der Waals surface area (Å²) in [4.78, 5) is 21.7. The van der Waals surface area contributed by atoms with Crippen LogP contribution in [0.4, 0.5) is 5.95 Å². The van der Waals surface area contributed by atoms with Gasteiger partial charge in [0.05, 0.1) is 17.9 Å². The predicted octanol–water partition coefficient (Wildman–Crippen LogP) is 8.15. The third-order valence-electron chi connectivity index (χ3n) is 7.58. The van der Waals surface area contributed by atoms with Crippen LogP contribution in [0.3, 0.4) is 0 Å². The van der Waals surface area contributed by atoms with Gasteiger partial charge in [0.25, 0.3) is 0 Å². The Morgan fingerprint density at radius 2 is 1.73 bits per heavy atom. The molecule has 242 valence electrons. The van der Waals surface area contributed by atoms with E-state index in [1.54, 1.807) is 18.2 Å². The number of carbonyl (C=O) groups is 1. The number of aromatic carboxylic acids is 1. The lowest BCUT2D eigenvalue weighted by Crippen LogP contribution is -2.37. The van der Waals surface area contributed by atoms with Crippen molar-refractivity contribution in [3.05, 3.63) is 65.2 Å². The quantitative estimate of drug-likeness (QED) is 0.105. The van der Waals surface area contributed by atoms with Crippen molar-refractivity contribution in [1.29, 1.82) is 0 Å². The highest BCUT2D eigenvalue weighted by atomic mass is 32.3. The average Bonchev–Trinajstić information content (AvgIpc) is 2.93. The zero-order chi connectivity index (χ0) is 32.5. The van der Waals surface area contributed by atoms with Crippen LogP contribution in [0, 0.1) is 19.8 Å². The van der Waals surface area contributed by atoms with Crippen molar-refractivity contribution >= 4 is 34.2 Å². The fourth-order valence-corrected chi connectivity index (χ4v) is 6.00. The Bertz CT molecular complexity index is 1370. The Labute approximate surface area is 269 Å². The molecule has 1 heterocycles. The summed E-state index contributed by atoms with van der Waals surface area (Å²) in [5.74, 6) is 0.403. The van der Waals surface area contributed by atoms with E-state index in [1.165, 1.54) is 11.9 Å². The van der Waals surface area contributed by atoms with Gasteiger partial charge in [0.15, 0.2) is 0 Å². The fraction of sp³-hybridized carbons (Fsp3) is 0.500. The molecule has 0 spiro atoms. The largest absolute Gasteiger partial charge is 0.478 e. The number of anilines is 1. The maximum Gasteiger partial charge on any atom is 0.335 e. The van der Waals surface area contributed by atoms with Gasteiger partial charge in [0.2, 0.25) is 11.8 Å². The molecule has 10 heteroatoms. The Morgan fingerprint density at radius 1 is 1.05 bits per heavy atom. The van der Waals surface area contributed by atoms with E-state index in [0.29, 0.717) is 24.4 Å². The molecular weight excluding hydrogens is 593 g/mol. The Morgan fingerprint density at radius 3 is 2.36 bits per heavy atom. The van der Waals surface area contributed by atoms with Crippen molar-refractivity contribution in [2.45, 2.75) is 77.0 Å². The topological polar surface area (TPSA) is 106 Å². The molecule has 2 aromatic carbocycles. The first-order valence-corrected chi connectivity index (χ1v) is 18.3. The SMILES string of the molecule is Cc1cccc(C)c1-c1cc(OC[C@@H](CC(C)C)NCCCOS(C)(C)C(C)(C)C)nc(NSc2cccc(C(=O)O)c2)n1. The van der Waals surface area contributed by atoms with Crippen LogP contribution in [0.15, 0.2) is 53.4 Å². The molecule has 0 bridgehead atoms. The zero-order valence-corrected chi connectivity index (χ0v) is 29.3. The van der Waals surface area contributed by atoms with Crippen molar-refractivity contribution in [3.8, 4) is 17.1 Å². The molecule has 0 fully saturated rings. The highest BCUT2D eigenvalue weighted by Crippen LogP contribution is 2.53. The summed E-state index contributed by atoms with van der Waals surface area (Å²) >= 11 is 1.26. The van der Waals surface area contributed by atoms with E-state index in [4.69, 9.17) is 13.9 Å². The maximum absolute atomic E-state index is 11.4.